The number of nitrogens with one attached hydrogen (secondary N) is 1. The molecule has 0 bridgehead atoms. The third-order valence-electron chi connectivity index (χ3n) is 3.23. The quantitative estimate of drug-likeness (QED) is 0.767. The van der Waals surface area contributed by atoms with Crippen LogP contribution in [0.1, 0.15) is 29.3 Å². The molecular weight excluding hydrogens is 304 g/mol. The summed E-state index contributed by atoms with van der Waals surface area (Å²) < 4.78 is 5.50. The van der Waals surface area contributed by atoms with Gasteiger partial charge >= 0.3 is 0 Å². The van der Waals surface area contributed by atoms with Crippen LogP contribution in [-0.2, 0) is 4.79 Å². The van der Waals surface area contributed by atoms with Gasteiger partial charge in [-0.15, -0.1) is 0 Å². The molecule has 0 aromatic heterocycles. The molecule has 2 aromatic rings. The monoisotopic (exact) mass is 324 g/mol. The van der Waals surface area contributed by atoms with Crippen molar-refractivity contribution in [1.29, 1.82) is 0 Å². The van der Waals surface area contributed by atoms with Crippen LogP contribution in [0.5, 0.6) is 5.75 Å². The topological polar surface area (TPSA) is 81.4 Å². The van der Waals surface area contributed by atoms with Crippen molar-refractivity contribution in [3.05, 3.63) is 65.7 Å². The number of para-hydroxylation sites is 1. The fourth-order valence-corrected chi connectivity index (χ4v) is 2.05. The van der Waals surface area contributed by atoms with E-state index in [0.29, 0.717) is 12.3 Å². The summed E-state index contributed by atoms with van der Waals surface area (Å²) >= 11 is 0. The second-order valence-corrected chi connectivity index (χ2v) is 5.15. The van der Waals surface area contributed by atoms with Crippen LogP contribution in [0.3, 0.4) is 0 Å². The fourth-order valence-electron chi connectivity index (χ4n) is 2.05. The van der Waals surface area contributed by atoms with E-state index in [1.54, 1.807) is 30.3 Å². The molecule has 0 spiro atoms. The minimum absolute atomic E-state index is 0.275. The first-order valence-corrected chi connectivity index (χ1v) is 7.71. The lowest BCUT2D eigenvalue weighted by Gasteiger charge is -2.06. The van der Waals surface area contributed by atoms with Crippen LogP contribution in [-0.4, -0.2) is 18.4 Å². The first-order valence-electron chi connectivity index (χ1n) is 7.71. The van der Waals surface area contributed by atoms with Gasteiger partial charge in [0.05, 0.1) is 17.9 Å². The van der Waals surface area contributed by atoms with Crippen molar-refractivity contribution in [3.63, 3.8) is 0 Å². The van der Waals surface area contributed by atoms with Crippen molar-refractivity contribution in [1.82, 2.24) is 0 Å². The van der Waals surface area contributed by atoms with E-state index < -0.39 is 5.91 Å². The number of benzene rings is 2. The van der Waals surface area contributed by atoms with E-state index in [2.05, 4.69) is 5.32 Å². The number of anilines is 1. The van der Waals surface area contributed by atoms with Gasteiger partial charge < -0.3 is 15.8 Å². The molecule has 2 amide bonds. The van der Waals surface area contributed by atoms with Gasteiger partial charge in [0, 0.05) is 6.08 Å². The first kappa shape index (κ1) is 17.3. The molecule has 5 nitrogen and oxygen atoms in total. The summed E-state index contributed by atoms with van der Waals surface area (Å²) in [6.07, 6.45) is 4.04. The Hall–Kier alpha value is -3.08. The van der Waals surface area contributed by atoms with E-state index in [9.17, 15) is 9.59 Å². The van der Waals surface area contributed by atoms with Gasteiger partial charge in [-0.05, 0) is 42.3 Å². The Morgan fingerprint density at radius 1 is 1.12 bits per heavy atom. The summed E-state index contributed by atoms with van der Waals surface area (Å²) in [6, 6.07) is 14.1. The Morgan fingerprint density at radius 2 is 1.83 bits per heavy atom. The van der Waals surface area contributed by atoms with Crippen LogP contribution < -0.4 is 15.8 Å². The summed E-state index contributed by atoms with van der Waals surface area (Å²) in [4.78, 5) is 23.3. The molecule has 0 aliphatic rings. The van der Waals surface area contributed by atoms with E-state index in [-0.39, 0.29) is 11.5 Å². The first-order chi connectivity index (χ1) is 11.6. The van der Waals surface area contributed by atoms with Crippen LogP contribution in [0.2, 0.25) is 0 Å². The average Bonchev–Trinajstić information content (AvgIpc) is 2.59. The number of nitrogens with two attached hydrogens (primary N) is 1. The summed E-state index contributed by atoms with van der Waals surface area (Å²) in [7, 11) is 0. The molecule has 0 aliphatic heterocycles. The van der Waals surface area contributed by atoms with Crippen molar-refractivity contribution in [2.24, 2.45) is 5.73 Å². The number of ether oxygens (including phenoxy) is 1. The lowest BCUT2D eigenvalue weighted by atomic mass is 10.1. The van der Waals surface area contributed by atoms with Crippen molar-refractivity contribution < 1.29 is 14.3 Å². The van der Waals surface area contributed by atoms with E-state index >= 15 is 0 Å². The highest BCUT2D eigenvalue weighted by atomic mass is 16.5. The molecular formula is C19H20N2O3. The molecule has 0 heterocycles. The van der Waals surface area contributed by atoms with Gasteiger partial charge in [0.15, 0.2) is 0 Å². The Kier molecular flexibility index (Phi) is 6.14. The standard InChI is InChI=1S/C19H20N2O3/c1-2-13-24-15-10-7-14(8-11-15)9-12-18(22)21-17-6-4-3-5-16(17)19(20)23/h3-12H,2,13H2,1H3,(H2,20,23)(H,21,22)/b12-9+. The van der Waals surface area contributed by atoms with Crippen molar-refractivity contribution in [2.75, 3.05) is 11.9 Å². The predicted octanol–water partition coefficient (Wildman–Crippen LogP) is 3.23. The van der Waals surface area contributed by atoms with Gasteiger partial charge in [0.25, 0.3) is 5.91 Å². The fraction of sp³-hybridized carbons (Fsp3) is 0.158. The smallest absolute Gasteiger partial charge is 0.250 e. The van der Waals surface area contributed by atoms with Crippen molar-refractivity contribution >= 4 is 23.6 Å². The lowest BCUT2D eigenvalue weighted by Crippen LogP contribution is -2.16. The minimum Gasteiger partial charge on any atom is -0.494 e. The molecule has 24 heavy (non-hydrogen) atoms. The Bertz CT molecular complexity index is 737. The van der Waals surface area contributed by atoms with Crippen LogP contribution in [0.4, 0.5) is 5.69 Å². The number of primary amides is 1. The van der Waals surface area contributed by atoms with Crippen molar-refractivity contribution in [2.45, 2.75) is 13.3 Å². The second kappa shape index (κ2) is 8.53. The highest BCUT2D eigenvalue weighted by molar-refractivity contribution is 6.07. The van der Waals surface area contributed by atoms with Gasteiger partial charge in [0.1, 0.15) is 5.75 Å². The third kappa shape index (κ3) is 4.98. The highest BCUT2D eigenvalue weighted by Gasteiger charge is 2.08. The number of rotatable bonds is 7. The molecule has 0 aliphatic carbocycles. The average molecular weight is 324 g/mol. The Balaban J connectivity index is 1.99. The number of hydrogen-bond donors (Lipinski definition) is 2. The van der Waals surface area contributed by atoms with Crippen LogP contribution in [0, 0.1) is 0 Å². The Labute approximate surface area is 141 Å². The normalized spacial score (nSPS) is 10.5. The van der Waals surface area contributed by atoms with E-state index in [4.69, 9.17) is 10.5 Å². The lowest BCUT2D eigenvalue weighted by molar-refractivity contribution is -0.111. The summed E-state index contributed by atoms with van der Waals surface area (Å²) in [5, 5.41) is 2.65. The van der Waals surface area contributed by atoms with E-state index in [1.165, 1.54) is 6.08 Å². The minimum atomic E-state index is -0.586. The predicted molar refractivity (Wildman–Crippen MR) is 94.9 cm³/mol. The number of amides is 2. The van der Waals surface area contributed by atoms with E-state index in [1.807, 2.05) is 31.2 Å². The Morgan fingerprint density at radius 3 is 2.50 bits per heavy atom. The largest absolute Gasteiger partial charge is 0.494 e. The molecule has 0 radical (unpaired) electrons. The summed E-state index contributed by atoms with van der Waals surface area (Å²) in [5.41, 5.74) is 6.82. The third-order valence-corrected chi connectivity index (χ3v) is 3.23. The zero-order valence-corrected chi connectivity index (χ0v) is 13.5. The van der Waals surface area contributed by atoms with Crippen LogP contribution in [0.25, 0.3) is 6.08 Å². The molecule has 0 saturated carbocycles. The summed E-state index contributed by atoms with van der Waals surface area (Å²) in [5.74, 6) is -0.124. The molecule has 0 saturated heterocycles. The van der Waals surface area contributed by atoms with E-state index in [0.717, 1.165) is 17.7 Å². The number of carbonyl (C=O) groups excluding carboxylic acids is 2. The molecule has 5 heteroatoms. The van der Waals surface area contributed by atoms with Gasteiger partial charge in [-0.1, -0.05) is 31.2 Å². The highest BCUT2D eigenvalue weighted by Crippen LogP contribution is 2.15. The maximum absolute atomic E-state index is 12.0. The zero-order valence-electron chi connectivity index (χ0n) is 13.5. The van der Waals surface area contributed by atoms with Crippen LogP contribution >= 0.6 is 0 Å². The molecule has 2 aromatic carbocycles. The molecule has 2 rings (SSSR count). The number of carbonyl (C=O) groups is 2. The van der Waals surface area contributed by atoms with Crippen LogP contribution in [0.15, 0.2) is 54.6 Å². The van der Waals surface area contributed by atoms with Gasteiger partial charge in [0.2, 0.25) is 5.91 Å². The molecule has 0 unspecified atom stereocenters. The van der Waals surface area contributed by atoms with Gasteiger partial charge in [-0.2, -0.15) is 0 Å². The maximum Gasteiger partial charge on any atom is 0.250 e. The molecule has 0 atom stereocenters. The SMILES string of the molecule is CCCOc1ccc(/C=C/C(=O)Nc2ccccc2C(N)=O)cc1. The number of hydrogen-bond acceptors (Lipinski definition) is 3. The summed E-state index contributed by atoms with van der Waals surface area (Å²) in [6.45, 7) is 2.73. The molecule has 3 N–H and O–H groups in total. The molecule has 124 valence electrons. The maximum atomic E-state index is 12.0. The molecule has 0 fully saturated rings. The van der Waals surface area contributed by atoms with Gasteiger partial charge in [-0.25, -0.2) is 0 Å². The van der Waals surface area contributed by atoms with Crippen molar-refractivity contribution in [3.8, 4) is 5.75 Å². The van der Waals surface area contributed by atoms with Gasteiger partial charge in [-0.3, -0.25) is 9.59 Å². The zero-order chi connectivity index (χ0) is 17.4. The second-order valence-electron chi connectivity index (χ2n) is 5.15.